The molecule has 3 rings (SSSR count). The molecule has 0 aliphatic carbocycles. The normalized spacial score (nSPS) is 22.6. The average Bonchev–Trinajstić information content (AvgIpc) is 3.36. The van der Waals surface area contributed by atoms with Crippen LogP contribution in [0.1, 0.15) is 44.9 Å². The van der Waals surface area contributed by atoms with Crippen LogP contribution in [-0.4, -0.2) is 45.4 Å². The number of rotatable bonds is 9. The first-order valence-corrected chi connectivity index (χ1v) is 10.8. The molecule has 160 valence electrons. The van der Waals surface area contributed by atoms with Gasteiger partial charge in [0.25, 0.3) is 0 Å². The van der Waals surface area contributed by atoms with E-state index in [2.05, 4.69) is 21.2 Å². The van der Waals surface area contributed by atoms with E-state index in [-0.39, 0.29) is 6.61 Å². The standard InChI is InChI=1S/C18H24N6O5P/c1-3-8-27-17(25)12(2)23-30(26)28-10-18(9-19)7-6-15(29-18)13-4-5-14-16(20)21-11-22-24(13)14/h4-5,11-12,15H,3,6-8,10H2,1-2H3,(H,23,26)(H2,20,21,22)/q+1/t12-,15+,18+/m0/s1. The van der Waals surface area contributed by atoms with Crippen molar-refractivity contribution >= 4 is 25.5 Å². The molecule has 1 unspecified atom stereocenters. The molecule has 0 bridgehead atoms. The Bertz CT molecular complexity index is 976. The summed E-state index contributed by atoms with van der Waals surface area (Å²) < 4.78 is 30.1. The van der Waals surface area contributed by atoms with Gasteiger partial charge in [-0.15, -0.1) is 4.52 Å². The number of nitrogens with two attached hydrogens (primary N) is 1. The first-order chi connectivity index (χ1) is 14.4. The summed E-state index contributed by atoms with van der Waals surface area (Å²) >= 11 is 0. The minimum atomic E-state index is -2.39. The number of nitriles is 1. The highest BCUT2D eigenvalue weighted by atomic mass is 31.1. The lowest BCUT2D eigenvalue weighted by Gasteiger charge is -2.19. The summed E-state index contributed by atoms with van der Waals surface area (Å²) in [6.45, 7) is 3.49. The molecule has 1 aliphatic heterocycles. The fourth-order valence-electron chi connectivity index (χ4n) is 3.14. The Hall–Kier alpha value is -2.64. The summed E-state index contributed by atoms with van der Waals surface area (Å²) in [7, 11) is -2.39. The number of esters is 1. The van der Waals surface area contributed by atoms with E-state index in [4.69, 9.17) is 19.7 Å². The van der Waals surface area contributed by atoms with E-state index in [9.17, 15) is 14.6 Å². The van der Waals surface area contributed by atoms with E-state index in [1.807, 2.05) is 13.0 Å². The molecule has 4 atom stereocenters. The first-order valence-electron chi connectivity index (χ1n) is 9.59. The van der Waals surface area contributed by atoms with Gasteiger partial charge in [-0.3, -0.25) is 4.79 Å². The van der Waals surface area contributed by atoms with Crippen molar-refractivity contribution in [2.24, 2.45) is 0 Å². The van der Waals surface area contributed by atoms with Crippen molar-refractivity contribution in [3.8, 4) is 6.07 Å². The molecular weight excluding hydrogens is 411 g/mol. The van der Waals surface area contributed by atoms with Gasteiger partial charge in [0.2, 0.25) is 0 Å². The number of nitrogens with one attached hydrogen (secondary N) is 1. The van der Waals surface area contributed by atoms with Gasteiger partial charge in [-0.05, 0) is 42.9 Å². The Morgan fingerprint density at radius 2 is 2.40 bits per heavy atom. The van der Waals surface area contributed by atoms with Crippen LogP contribution >= 0.6 is 8.18 Å². The number of carbonyl (C=O) groups excluding carboxylic acids is 1. The summed E-state index contributed by atoms with van der Waals surface area (Å²) in [5, 5.41) is 16.4. The maximum atomic E-state index is 12.2. The van der Waals surface area contributed by atoms with Crippen molar-refractivity contribution in [1.82, 2.24) is 19.7 Å². The highest BCUT2D eigenvalue weighted by molar-refractivity contribution is 7.36. The van der Waals surface area contributed by atoms with Gasteiger partial charge < -0.3 is 15.2 Å². The smallest absolute Gasteiger partial charge is 0.464 e. The van der Waals surface area contributed by atoms with Gasteiger partial charge in [-0.2, -0.15) is 10.4 Å². The van der Waals surface area contributed by atoms with Crippen LogP contribution in [-0.2, 0) is 23.4 Å². The van der Waals surface area contributed by atoms with E-state index in [0.717, 1.165) is 5.69 Å². The minimum absolute atomic E-state index is 0.209. The topological polar surface area (TPSA) is 154 Å². The maximum Gasteiger partial charge on any atom is 0.613 e. The average molecular weight is 435 g/mol. The molecule has 0 spiro atoms. The predicted octanol–water partition coefficient (Wildman–Crippen LogP) is 2.03. The molecule has 2 aromatic heterocycles. The molecule has 0 saturated carbocycles. The van der Waals surface area contributed by atoms with Gasteiger partial charge in [-0.25, -0.2) is 9.50 Å². The molecule has 1 aliphatic rings. The largest absolute Gasteiger partial charge is 0.613 e. The number of hydrogen-bond acceptors (Lipinski definition) is 9. The van der Waals surface area contributed by atoms with E-state index >= 15 is 0 Å². The summed E-state index contributed by atoms with van der Waals surface area (Å²) in [6, 6.07) is 4.94. The van der Waals surface area contributed by atoms with Crippen LogP contribution in [0.25, 0.3) is 5.52 Å². The van der Waals surface area contributed by atoms with E-state index < -0.39 is 31.9 Å². The summed E-state index contributed by atoms with van der Waals surface area (Å²) in [4.78, 5) is 15.7. The predicted molar refractivity (Wildman–Crippen MR) is 106 cm³/mol. The van der Waals surface area contributed by atoms with Gasteiger partial charge in [0.15, 0.2) is 11.4 Å². The van der Waals surface area contributed by atoms with Crippen LogP contribution in [0.5, 0.6) is 0 Å². The SMILES string of the molecule is CCCOC(=O)[C@H](C)N[P+](=O)OC[C@]1(C#N)CC[C@H](c2ccc3c(N)ncnn23)O1. The second-order valence-corrected chi connectivity index (χ2v) is 8.03. The lowest BCUT2D eigenvalue weighted by molar-refractivity contribution is -0.145. The molecule has 30 heavy (non-hydrogen) atoms. The van der Waals surface area contributed by atoms with E-state index in [0.29, 0.717) is 37.2 Å². The first kappa shape index (κ1) is 22.1. The van der Waals surface area contributed by atoms with Crippen LogP contribution in [0.4, 0.5) is 5.82 Å². The Morgan fingerprint density at radius 3 is 3.13 bits per heavy atom. The number of hydrogen-bond donors (Lipinski definition) is 2. The van der Waals surface area contributed by atoms with Crippen LogP contribution in [0, 0.1) is 11.3 Å². The molecule has 12 heteroatoms. The molecule has 0 radical (unpaired) electrons. The second kappa shape index (κ2) is 9.45. The Balaban J connectivity index is 1.59. The van der Waals surface area contributed by atoms with Crippen LogP contribution in [0.2, 0.25) is 0 Å². The molecule has 2 aromatic rings. The number of nitrogen functional groups attached to an aromatic ring is 1. The summed E-state index contributed by atoms with van der Waals surface area (Å²) in [6.07, 6.45) is 2.58. The lowest BCUT2D eigenvalue weighted by Crippen LogP contribution is -2.34. The quantitative estimate of drug-likeness (QED) is 0.442. The number of anilines is 1. The van der Waals surface area contributed by atoms with Crippen molar-refractivity contribution in [3.63, 3.8) is 0 Å². The van der Waals surface area contributed by atoms with Gasteiger partial charge in [0, 0.05) is 0 Å². The summed E-state index contributed by atoms with van der Waals surface area (Å²) in [5.41, 5.74) is 5.99. The number of ether oxygens (including phenoxy) is 2. The zero-order valence-electron chi connectivity index (χ0n) is 16.8. The van der Waals surface area contributed by atoms with Gasteiger partial charge in [0.05, 0.1) is 12.3 Å². The minimum Gasteiger partial charge on any atom is -0.464 e. The van der Waals surface area contributed by atoms with Crippen molar-refractivity contribution in [3.05, 3.63) is 24.2 Å². The summed E-state index contributed by atoms with van der Waals surface area (Å²) in [5.74, 6) is -0.170. The second-order valence-electron chi connectivity index (χ2n) is 7.00. The van der Waals surface area contributed by atoms with E-state index in [1.54, 1.807) is 10.6 Å². The van der Waals surface area contributed by atoms with Gasteiger partial charge >= 0.3 is 14.1 Å². The highest BCUT2D eigenvalue weighted by Crippen LogP contribution is 2.41. The third-order valence-corrected chi connectivity index (χ3v) is 5.70. The fourth-order valence-corrected chi connectivity index (χ4v) is 3.96. The number of fused-ring (bicyclic) bond motifs is 1. The fraction of sp³-hybridized carbons (Fsp3) is 0.556. The molecule has 3 N–H and O–H groups in total. The molecule has 0 aromatic carbocycles. The monoisotopic (exact) mass is 435 g/mol. The van der Waals surface area contributed by atoms with Crippen molar-refractivity contribution in [2.45, 2.75) is 50.9 Å². The van der Waals surface area contributed by atoms with Gasteiger partial charge in [-0.1, -0.05) is 12.0 Å². The molecular formula is C18H24N6O5P+. The number of aromatic nitrogens is 3. The van der Waals surface area contributed by atoms with Crippen LogP contribution < -0.4 is 10.8 Å². The van der Waals surface area contributed by atoms with E-state index in [1.165, 1.54) is 13.3 Å². The molecule has 11 nitrogen and oxygen atoms in total. The van der Waals surface area contributed by atoms with Crippen LogP contribution in [0.3, 0.4) is 0 Å². The molecule has 3 heterocycles. The van der Waals surface area contributed by atoms with Crippen molar-refractivity contribution < 1.29 is 23.4 Å². The number of carbonyl (C=O) groups is 1. The maximum absolute atomic E-state index is 12.2. The molecule has 0 amide bonds. The Kier molecular flexibility index (Phi) is 6.95. The third-order valence-electron chi connectivity index (χ3n) is 4.74. The zero-order chi connectivity index (χ0) is 21.7. The van der Waals surface area contributed by atoms with Gasteiger partial charge in [0.1, 0.15) is 36.7 Å². The molecule has 1 saturated heterocycles. The Labute approximate surface area is 174 Å². The van der Waals surface area contributed by atoms with Crippen molar-refractivity contribution in [1.29, 1.82) is 5.26 Å². The zero-order valence-corrected chi connectivity index (χ0v) is 17.7. The van der Waals surface area contributed by atoms with Crippen molar-refractivity contribution in [2.75, 3.05) is 18.9 Å². The number of nitrogens with zero attached hydrogens (tertiary/aromatic N) is 4. The third kappa shape index (κ3) is 4.74. The molecule has 1 fully saturated rings. The van der Waals surface area contributed by atoms with Crippen LogP contribution in [0.15, 0.2) is 18.5 Å². The lowest BCUT2D eigenvalue weighted by atomic mass is 10.0. The Morgan fingerprint density at radius 1 is 1.60 bits per heavy atom. The highest BCUT2D eigenvalue weighted by Gasteiger charge is 2.45.